The molecular formula is C12H23N5O3S. The van der Waals surface area contributed by atoms with Crippen LogP contribution in [-0.4, -0.2) is 48.0 Å². The maximum Gasteiger partial charge on any atom is 0.248 e. The van der Waals surface area contributed by atoms with E-state index in [1.165, 1.54) is 10.9 Å². The van der Waals surface area contributed by atoms with E-state index in [2.05, 4.69) is 10.4 Å². The molecule has 0 unspecified atom stereocenters. The van der Waals surface area contributed by atoms with Gasteiger partial charge in [0.25, 0.3) is 0 Å². The summed E-state index contributed by atoms with van der Waals surface area (Å²) < 4.78 is 27.7. The van der Waals surface area contributed by atoms with Gasteiger partial charge in [0.05, 0.1) is 6.54 Å². The molecule has 0 bridgehead atoms. The highest BCUT2D eigenvalue weighted by Gasteiger charge is 2.29. The molecule has 3 N–H and O–H groups in total. The number of hydrogen-bond acceptors (Lipinski definition) is 5. The van der Waals surface area contributed by atoms with Crippen LogP contribution in [-0.2, 0) is 21.4 Å². The number of nitrogens with zero attached hydrogens (tertiary/aromatic N) is 3. The Morgan fingerprint density at radius 3 is 2.62 bits per heavy atom. The van der Waals surface area contributed by atoms with E-state index < -0.39 is 10.0 Å². The number of anilines is 1. The lowest BCUT2D eigenvalue weighted by atomic mass is 10.5. The average molecular weight is 317 g/mol. The molecule has 0 radical (unpaired) electrons. The summed E-state index contributed by atoms with van der Waals surface area (Å²) in [6.07, 6.45) is 2.23. The molecule has 1 heterocycles. The van der Waals surface area contributed by atoms with Crippen molar-refractivity contribution in [3.8, 4) is 0 Å². The maximum atomic E-state index is 12.6. The Hall–Kier alpha value is -1.61. The number of nitrogens with one attached hydrogen (secondary N) is 1. The summed E-state index contributed by atoms with van der Waals surface area (Å²) in [4.78, 5) is 11.6. The lowest BCUT2D eigenvalue weighted by Crippen LogP contribution is -2.40. The maximum absolute atomic E-state index is 12.6. The molecule has 0 saturated heterocycles. The van der Waals surface area contributed by atoms with Crippen LogP contribution < -0.4 is 11.1 Å². The molecule has 9 heteroatoms. The number of rotatable bonds is 8. The van der Waals surface area contributed by atoms with Crippen molar-refractivity contribution in [2.45, 2.75) is 38.6 Å². The third kappa shape index (κ3) is 4.18. The minimum Gasteiger partial charge on any atom is -0.381 e. The molecule has 0 aliphatic carbocycles. The summed E-state index contributed by atoms with van der Waals surface area (Å²) in [5.74, 6) is -0.389. The van der Waals surface area contributed by atoms with Gasteiger partial charge in [-0.15, -0.1) is 0 Å². The van der Waals surface area contributed by atoms with Crippen molar-refractivity contribution in [1.82, 2.24) is 19.4 Å². The first-order chi connectivity index (χ1) is 9.86. The van der Waals surface area contributed by atoms with Crippen molar-refractivity contribution in [2.24, 2.45) is 0 Å². The molecule has 0 aromatic carbocycles. The van der Waals surface area contributed by atoms with E-state index >= 15 is 0 Å². The molecule has 0 fully saturated rings. The van der Waals surface area contributed by atoms with Gasteiger partial charge in [0.1, 0.15) is 4.90 Å². The number of likely N-dealkylation sites (N-methyl/N-ethyl adjacent to an activating group) is 2. The number of amides is 1. The Kier molecular flexibility index (Phi) is 6.16. The highest BCUT2D eigenvalue weighted by Crippen LogP contribution is 2.21. The zero-order valence-electron chi connectivity index (χ0n) is 12.7. The largest absolute Gasteiger partial charge is 0.381 e. The smallest absolute Gasteiger partial charge is 0.248 e. The summed E-state index contributed by atoms with van der Waals surface area (Å²) in [5.41, 5.74) is 5.70. The highest BCUT2D eigenvalue weighted by molar-refractivity contribution is 7.89. The second-order valence-electron chi connectivity index (χ2n) is 4.53. The molecule has 120 valence electrons. The van der Waals surface area contributed by atoms with Crippen molar-refractivity contribution >= 4 is 21.7 Å². The molecule has 1 aromatic heterocycles. The summed E-state index contributed by atoms with van der Waals surface area (Å²) in [5, 5.41) is 6.56. The van der Waals surface area contributed by atoms with Crippen molar-refractivity contribution in [3.63, 3.8) is 0 Å². The van der Waals surface area contributed by atoms with E-state index in [1.807, 2.05) is 6.92 Å². The van der Waals surface area contributed by atoms with Crippen LogP contribution in [0.15, 0.2) is 11.1 Å². The molecule has 0 aliphatic heterocycles. The Bertz CT molecular complexity index is 582. The number of carbonyl (C=O) groups is 1. The molecule has 21 heavy (non-hydrogen) atoms. The van der Waals surface area contributed by atoms with Gasteiger partial charge in [0.2, 0.25) is 15.9 Å². The molecule has 0 aliphatic rings. The summed E-state index contributed by atoms with van der Waals surface area (Å²) in [7, 11) is -3.83. The van der Waals surface area contributed by atoms with Crippen molar-refractivity contribution in [1.29, 1.82) is 0 Å². The number of sulfonamides is 1. The fourth-order valence-electron chi connectivity index (χ4n) is 1.88. The minimum atomic E-state index is -3.83. The van der Waals surface area contributed by atoms with Gasteiger partial charge in [0, 0.05) is 25.8 Å². The Morgan fingerprint density at radius 2 is 2.10 bits per heavy atom. The SMILES string of the molecule is CCCn1cc(S(=O)(=O)N(CC)CC(=O)NCC)c(N)n1. The fraction of sp³-hybridized carbons (Fsp3) is 0.667. The van der Waals surface area contributed by atoms with Crippen LogP contribution in [0.25, 0.3) is 0 Å². The van der Waals surface area contributed by atoms with Crippen molar-refractivity contribution in [3.05, 3.63) is 6.20 Å². The molecule has 0 spiro atoms. The first-order valence-electron chi connectivity index (χ1n) is 6.96. The van der Waals surface area contributed by atoms with Gasteiger partial charge < -0.3 is 11.1 Å². The summed E-state index contributed by atoms with van der Waals surface area (Å²) in [6.45, 7) is 6.39. The predicted octanol–water partition coefficient (Wildman–Crippen LogP) is 0.0220. The van der Waals surface area contributed by atoms with Crippen LogP contribution in [0.5, 0.6) is 0 Å². The quantitative estimate of drug-likeness (QED) is 0.702. The normalized spacial score (nSPS) is 11.8. The van der Waals surface area contributed by atoms with Gasteiger partial charge in [-0.3, -0.25) is 9.48 Å². The first kappa shape index (κ1) is 17.4. The van der Waals surface area contributed by atoms with E-state index in [-0.39, 0.29) is 29.7 Å². The van der Waals surface area contributed by atoms with Gasteiger partial charge in [-0.1, -0.05) is 13.8 Å². The topological polar surface area (TPSA) is 110 Å². The molecule has 8 nitrogen and oxygen atoms in total. The molecule has 1 rings (SSSR count). The summed E-state index contributed by atoms with van der Waals surface area (Å²) in [6, 6.07) is 0. The minimum absolute atomic E-state index is 0.0437. The first-order valence-corrected chi connectivity index (χ1v) is 8.40. The van der Waals surface area contributed by atoms with Gasteiger partial charge in [0.15, 0.2) is 5.82 Å². The lowest BCUT2D eigenvalue weighted by Gasteiger charge is -2.19. The molecule has 0 atom stereocenters. The number of carbonyl (C=O) groups excluding carboxylic acids is 1. The lowest BCUT2D eigenvalue weighted by molar-refractivity contribution is -0.121. The van der Waals surface area contributed by atoms with Crippen molar-refractivity contribution < 1.29 is 13.2 Å². The zero-order valence-corrected chi connectivity index (χ0v) is 13.5. The van der Waals surface area contributed by atoms with Crippen LogP contribution in [0.1, 0.15) is 27.2 Å². The number of nitrogen functional groups attached to an aromatic ring is 1. The van der Waals surface area contributed by atoms with Gasteiger partial charge in [-0.25, -0.2) is 8.42 Å². The van der Waals surface area contributed by atoms with E-state index in [0.29, 0.717) is 13.1 Å². The average Bonchev–Trinajstić information content (AvgIpc) is 2.78. The van der Waals surface area contributed by atoms with Crippen LogP contribution >= 0.6 is 0 Å². The molecule has 1 amide bonds. The van der Waals surface area contributed by atoms with E-state index in [9.17, 15) is 13.2 Å². The second kappa shape index (κ2) is 7.41. The standard InChI is InChI=1S/C12H23N5O3S/c1-4-7-16-8-10(12(13)15-16)21(19,20)17(6-3)9-11(18)14-5-2/h8H,4-7,9H2,1-3H3,(H2,13,15)(H,14,18). The Labute approximate surface area is 125 Å². The third-order valence-electron chi connectivity index (χ3n) is 2.87. The van der Waals surface area contributed by atoms with Crippen LogP contribution in [0.4, 0.5) is 5.82 Å². The zero-order chi connectivity index (χ0) is 16.0. The molecular weight excluding hydrogens is 294 g/mol. The van der Waals surface area contributed by atoms with Gasteiger partial charge in [-0.2, -0.15) is 9.40 Å². The Morgan fingerprint density at radius 1 is 1.43 bits per heavy atom. The fourth-order valence-corrected chi connectivity index (χ4v) is 3.34. The third-order valence-corrected chi connectivity index (χ3v) is 4.81. The van der Waals surface area contributed by atoms with Gasteiger partial charge in [-0.05, 0) is 13.3 Å². The molecule has 0 saturated carbocycles. The Balaban J connectivity index is 3.04. The van der Waals surface area contributed by atoms with Crippen LogP contribution in [0.3, 0.4) is 0 Å². The number of aryl methyl sites for hydroxylation is 1. The van der Waals surface area contributed by atoms with E-state index in [0.717, 1.165) is 10.7 Å². The van der Waals surface area contributed by atoms with E-state index in [1.54, 1.807) is 13.8 Å². The number of hydrogen-bond donors (Lipinski definition) is 2. The second-order valence-corrected chi connectivity index (χ2v) is 6.43. The van der Waals surface area contributed by atoms with Gasteiger partial charge >= 0.3 is 0 Å². The number of aromatic nitrogens is 2. The monoisotopic (exact) mass is 317 g/mol. The highest BCUT2D eigenvalue weighted by atomic mass is 32.2. The molecule has 1 aromatic rings. The van der Waals surface area contributed by atoms with Crippen LogP contribution in [0, 0.1) is 0 Å². The number of nitrogens with two attached hydrogens (primary N) is 1. The van der Waals surface area contributed by atoms with Crippen molar-refractivity contribution in [2.75, 3.05) is 25.4 Å². The summed E-state index contributed by atoms with van der Waals surface area (Å²) >= 11 is 0. The van der Waals surface area contributed by atoms with Crippen LogP contribution in [0.2, 0.25) is 0 Å². The predicted molar refractivity (Wildman–Crippen MR) is 80.0 cm³/mol. The van der Waals surface area contributed by atoms with E-state index in [4.69, 9.17) is 5.73 Å².